The Bertz CT molecular complexity index is 668. The zero-order chi connectivity index (χ0) is 14.9. The van der Waals surface area contributed by atoms with Crippen LogP contribution in [0.4, 0.5) is 14.5 Å². The van der Waals surface area contributed by atoms with Crippen LogP contribution in [-0.4, -0.2) is 4.21 Å². The summed E-state index contributed by atoms with van der Waals surface area (Å²) in [6.07, 6.45) is 0. The summed E-state index contributed by atoms with van der Waals surface area (Å²) in [6, 6.07) is 7.11. The molecular formula is C14H12ClF2NOS. The monoisotopic (exact) mass is 315 g/mol. The van der Waals surface area contributed by atoms with Crippen molar-refractivity contribution < 1.29 is 13.0 Å². The van der Waals surface area contributed by atoms with Crippen molar-refractivity contribution in [1.82, 2.24) is 0 Å². The normalized spacial score (nSPS) is 12.4. The van der Waals surface area contributed by atoms with E-state index in [4.69, 9.17) is 17.3 Å². The minimum absolute atomic E-state index is 0.0471. The lowest BCUT2D eigenvalue weighted by Gasteiger charge is -2.08. The van der Waals surface area contributed by atoms with E-state index in [2.05, 4.69) is 0 Å². The third-order valence-electron chi connectivity index (χ3n) is 2.74. The van der Waals surface area contributed by atoms with Crippen LogP contribution >= 0.6 is 11.6 Å². The molecule has 0 aliphatic rings. The van der Waals surface area contributed by atoms with Gasteiger partial charge in [-0.1, -0.05) is 23.7 Å². The number of hydrogen-bond acceptors (Lipinski definition) is 2. The number of rotatable bonds is 3. The van der Waals surface area contributed by atoms with Crippen molar-refractivity contribution in [3.05, 3.63) is 58.1 Å². The van der Waals surface area contributed by atoms with Gasteiger partial charge in [0.05, 0.1) is 16.6 Å². The molecule has 2 nitrogen and oxygen atoms in total. The maximum Gasteiger partial charge on any atom is 0.144 e. The zero-order valence-electron chi connectivity index (χ0n) is 10.6. The first-order valence-electron chi connectivity index (χ1n) is 5.76. The quantitative estimate of drug-likeness (QED) is 0.875. The molecule has 0 radical (unpaired) electrons. The molecule has 0 spiro atoms. The van der Waals surface area contributed by atoms with Gasteiger partial charge in [0.1, 0.15) is 16.5 Å². The Morgan fingerprint density at radius 3 is 2.35 bits per heavy atom. The van der Waals surface area contributed by atoms with Crippen molar-refractivity contribution in [1.29, 1.82) is 0 Å². The lowest BCUT2D eigenvalue weighted by Crippen LogP contribution is -2.04. The van der Waals surface area contributed by atoms with Crippen molar-refractivity contribution in [2.45, 2.75) is 17.6 Å². The molecule has 0 heterocycles. The third-order valence-corrected chi connectivity index (χ3v) is 4.51. The van der Waals surface area contributed by atoms with Gasteiger partial charge < -0.3 is 5.73 Å². The van der Waals surface area contributed by atoms with Crippen LogP contribution in [0.5, 0.6) is 0 Å². The van der Waals surface area contributed by atoms with Gasteiger partial charge in [0, 0.05) is 10.7 Å². The predicted octanol–water partition coefficient (Wildman–Crippen LogP) is 3.82. The van der Waals surface area contributed by atoms with Crippen molar-refractivity contribution in [2.24, 2.45) is 0 Å². The van der Waals surface area contributed by atoms with Crippen LogP contribution in [0.15, 0.2) is 35.2 Å². The Labute approximate surface area is 123 Å². The minimum atomic E-state index is -1.87. The first kappa shape index (κ1) is 14.9. The SMILES string of the molecule is Cc1ccc(CS(=O)c2c(F)cc(N)cc2F)c(Cl)c1. The van der Waals surface area contributed by atoms with Crippen LogP contribution in [0.1, 0.15) is 11.1 Å². The van der Waals surface area contributed by atoms with Gasteiger partial charge in [-0.05, 0) is 36.2 Å². The number of anilines is 1. The molecule has 0 amide bonds. The molecule has 0 aromatic heterocycles. The summed E-state index contributed by atoms with van der Waals surface area (Å²) in [6.45, 7) is 1.87. The summed E-state index contributed by atoms with van der Waals surface area (Å²) >= 11 is 6.02. The number of aryl methyl sites for hydroxylation is 1. The molecule has 2 rings (SSSR count). The Balaban J connectivity index is 2.33. The predicted molar refractivity (Wildman–Crippen MR) is 77.1 cm³/mol. The van der Waals surface area contributed by atoms with E-state index in [1.165, 1.54) is 0 Å². The Kier molecular flexibility index (Phi) is 4.40. The summed E-state index contributed by atoms with van der Waals surface area (Å²) in [4.78, 5) is -0.476. The molecule has 1 atom stereocenters. The maximum atomic E-state index is 13.7. The standard InChI is InChI=1S/C14H12ClF2NOS/c1-8-2-3-9(11(15)4-8)7-20(19)14-12(16)5-10(18)6-13(14)17/h2-6H,7,18H2,1H3. The van der Waals surface area contributed by atoms with E-state index < -0.39 is 27.3 Å². The van der Waals surface area contributed by atoms with Crippen molar-refractivity contribution in [2.75, 3.05) is 5.73 Å². The van der Waals surface area contributed by atoms with Gasteiger partial charge in [-0.3, -0.25) is 4.21 Å². The number of nitrogens with two attached hydrogens (primary N) is 1. The van der Waals surface area contributed by atoms with Crippen molar-refractivity contribution in [3.63, 3.8) is 0 Å². The second-order valence-corrected chi connectivity index (χ2v) is 6.19. The molecule has 0 aliphatic heterocycles. The lowest BCUT2D eigenvalue weighted by atomic mass is 10.2. The van der Waals surface area contributed by atoms with Gasteiger partial charge in [0.2, 0.25) is 0 Å². The molecule has 0 aliphatic carbocycles. The fourth-order valence-electron chi connectivity index (χ4n) is 1.78. The molecule has 0 bridgehead atoms. The number of benzene rings is 2. The minimum Gasteiger partial charge on any atom is -0.399 e. The summed E-state index contributed by atoms with van der Waals surface area (Å²) in [7, 11) is -1.87. The highest BCUT2D eigenvalue weighted by Crippen LogP contribution is 2.25. The highest BCUT2D eigenvalue weighted by Gasteiger charge is 2.18. The van der Waals surface area contributed by atoms with Gasteiger partial charge in [-0.25, -0.2) is 8.78 Å². The first-order valence-corrected chi connectivity index (χ1v) is 7.46. The van der Waals surface area contributed by atoms with E-state index in [0.717, 1.165) is 17.7 Å². The molecule has 20 heavy (non-hydrogen) atoms. The van der Waals surface area contributed by atoms with Gasteiger partial charge in [0.15, 0.2) is 0 Å². The molecule has 1 unspecified atom stereocenters. The van der Waals surface area contributed by atoms with E-state index in [1.54, 1.807) is 18.2 Å². The first-order chi connectivity index (χ1) is 9.38. The van der Waals surface area contributed by atoms with E-state index in [1.807, 2.05) is 6.92 Å². The van der Waals surface area contributed by atoms with Gasteiger partial charge in [-0.2, -0.15) is 0 Å². The van der Waals surface area contributed by atoms with E-state index in [0.29, 0.717) is 10.6 Å². The van der Waals surface area contributed by atoms with E-state index >= 15 is 0 Å². The largest absolute Gasteiger partial charge is 0.399 e. The molecule has 106 valence electrons. The average molecular weight is 316 g/mol. The van der Waals surface area contributed by atoms with E-state index in [-0.39, 0.29) is 11.4 Å². The molecule has 0 fully saturated rings. The molecule has 2 aromatic carbocycles. The Morgan fingerprint density at radius 2 is 1.80 bits per heavy atom. The smallest absolute Gasteiger partial charge is 0.144 e. The Hall–Kier alpha value is -1.46. The third kappa shape index (κ3) is 3.16. The maximum absolute atomic E-state index is 13.7. The summed E-state index contributed by atoms with van der Waals surface area (Å²) in [5.41, 5.74) is 6.80. The summed E-state index contributed by atoms with van der Waals surface area (Å²) < 4.78 is 39.5. The molecular weight excluding hydrogens is 304 g/mol. The van der Waals surface area contributed by atoms with Gasteiger partial charge in [-0.15, -0.1) is 0 Å². The fourth-order valence-corrected chi connectivity index (χ4v) is 3.39. The average Bonchev–Trinajstić information content (AvgIpc) is 2.31. The van der Waals surface area contributed by atoms with Gasteiger partial charge >= 0.3 is 0 Å². The number of hydrogen-bond donors (Lipinski definition) is 1. The second kappa shape index (κ2) is 5.89. The second-order valence-electron chi connectivity index (χ2n) is 4.40. The van der Waals surface area contributed by atoms with Crippen LogP contribution < -0.4 is 5.73 Å². The van der Waals surface area contributed by atoms with Gasteiger partial charge in [0.25, 0.3) is 0 Å². The zero-order valence-corrected chi connectivity index (χ0v) is 12.2. The highest BCUT2D eigenvalue weighted by atomic mass is 35.5. The molecule has 0 saturated heterocycles. The summed E-state index contributed by atoms with van der Waals surface area (Å²) in [5, 5.41) is 0.426. The van der Waals surface area contributed by atoms with Crippen LogP contribution in [-0.2, 0) is 16.6 Å². The van der Waals surface area contributed by atoms with Crippen LogP contribution in [0, 0.1) is 18.6 Å². The summed E-state index contributed by atoms with van der Waals surface area (Å²) in [5.74, 6) is -1.88. The van der Waals surface area contributed by atoms with E-state index in [9.17, 15) is 13.0 Å². The van der Waals surface area contributed by atoms with Crippen molar-refractivity contribution >= 4 is 28.1 Å². The van der Waals surface area contributed by atoms with Crippen molar-refractivity contribution in [3.8, 4) is 0 Å². The number of halogens is 3. The molecule has 6 heteroatoms. The highest BCUT2D eigenvalue weighted by molar-refractivity contribution is 7.84. The lowest BCUT2D eigenvalue weighted by molar-refractivity contribution is 0.535. The van der Waals surface area contributed by atoms with Crippen LogP contribution in [0.3, 0.4) is 0 Å². The Morgan fingerprint density at radius 1 is 1.20 bits per heavy atom. The number of nitrogen functional groups attached to an aromatic ring is 1. The topological polar surface area (TPSA) is 43.1 Å². The molecule has 0 saturated carbocycles. The molecule has 2 N–H and O–H groups in total. The fraction of sp³-hybridized carbons (Fsp3) is 0.143. The molecule has 2 aromatic rings. The van der Waals surface area contributed by atoms with Crippen LogP contribution in [0.25, 0.3) is 0 Å². The van der Waals surface area contributed by atoms with Crippen LogP contribution in [0.2, 0.25) is 5.02 Å².